The highest BCUT2D eigenvalue weighted by Crippen LogP contribution is 2.31. The van der Waals surface area contributed by atoms with Crippen LogP contribution < -0.4 is 5.73 Å². The van der Waals surface area contributed by atoms with Crippen LogP contribution >= 0.6 is 0 Å². The van der Waals surface area contributed by atoms with E-state index in [-0.39, 0.29) is 17.3 Å². The zero-order chi connectivity index (χ0) is 21.9. The van der Waals surface area contributed by atoms with Gasteiger partial charge in [0.1, 0.15) is 5.82 Å². The first-order valence-corrected chi connectivity index (χ1v) is 11.8. The van der Waals surface area contributed by atoms with Crippen LogP contribution in [0.3, 0.4) is 0 Å². The summed E-state index contributed by atoms with van der Waals surface area (Å²) in [4.78, 5) is 13.6. The molecule has 2 heterocycles. The molecule has 1 fully saturated rings. The molecule has 2 N–H and O–H groups in total. The second kappa shape index (κ2) is 8.63. The van der Waals surface area contributed by atoms with Crippen LogP contribution in [0, 0.1) is 10.1 Å². The van der Waals surface area contributed by atoms with Gasteiger partial charge in [-0.1, -0.05) is 18.6 Å². The van der Waals surface area contributed by atoms with Gasteiger partial charge >= 0.3 is 0 Å². The number of pyridine rings is 1. The number of nitro benzene ring substituents is 1. The first-order valence-electron chi connectivity index (χ1n) is 8.99. The monoisotopic (exact) mass is 456 g/mol. The summed E-state index contributed by atoms with van der Waals surface area (Å²) in [6.45, 7) is -0.324. The third-order valence-corrected chi connectivity index (χ3v) is 7.96. The summed E-state index contributed by atoms with van der Waals surface area (Å²) < 4.78 is 57.4. The Kier molecular flexibility index (Phi) is 6.36. The molecular formula is C17H20N4O7S2. The molecule has 1 aromatic carbocycles. The molecule has 0 radical (unpaired) electrons. The summed E-state index contributed by atoms with van der Waals surface area (Å²) in [6, 6.07) is 6.61. The molecule has 1 saturated heterocycles. The van der Waals surface area contributed by atoms with E-state index in [1.54, 1.807) is 0 Å². The Labute approximate surface area is 173 Å². The molecule has 0 bridgehead atoms. The number of sulfonamides is 1. The molecule has 1 aliphatic heterocycles. The van der Waals surface area contributed by atoms with Crippen molar-refractivity contribution in [1.82, 2.24) is 9.29 Å². The highest BCUT2D eigenvalue weighted by Gasteiger charge is 2.38. The normalized spacial score (nSPS) is 18.2. The van der Waals surface area contributed by atoms with E-state index in [1.165, 1.54) is 24.4 Å². The van der Waals surface area contributed by atoms with Crippen molar-refractivity contribution in [3.05, 3.63) is 52.7 Å². The number of aromatic nitrogens is 1. The van der Waals surface area contributed by atoms with E-state index in [4.69, 9.17) is 9.92 Å². The third-order valence-electron chi connectivity index (χ3n) is 4.68. The zero-order valence-electron chi connectivity index (χ0n) is 15.7. The van der Waals surface area contributed by atoms with Crippen LogP contribution in [0.5, 0.6) is 0 Å². The molecular weight excluding hydrogens is 436 g/mol. The van der Waals surface area contributed by atoms with Gasteiger partial charge in [0, 0.05) is 30.9 Å². The number of hydrogen-bond donors (Lipinski definition) is 1. The van der Waals surface area contributed by atoms with Crippen molar-refractivity contribution in [2.45, 2.75) is 35.1 Å². The molecule has 13 heteroatoms. The number of rotatable bonds is 7. The minimum Gasteiger partial charge on any atom is -0.384 e. The van der Waals surface area contributed by atoms with Crippen LogP contribution in [0.15, 0.2) is 52.4 Å². The van der Waals surface area contributed by atoms with Gasteiger partial charge in [-0.2, -0.15) is 12.7 Å². The summed E-state index contributed by atoms with van der Waals surface area (Å²) in [5, 5.41) is 11.3. The third kappa shape index (κ3) is 4.59. The molecule has 11 nitrogen and oxygen atoms in total. The molecule has 0 saturated carbocycles. The molecule has 30 heavy (non-hydrogen) atoms. The summed E-state index contributed by atoms with van der Waals surface area (Å²) in [5.41, 5.74) is 4.96. The van der Waals surface area contributed by atoms with Crippen LogP contribution in [-0.2, 0) is 24.3 Å². The fraction of sp³-hybridized carbons (Fsp3) is 0.353. The van der Waals surface area contributed by atoms with Crippen LogP contribution in [0.1, 0.15) is 19.3 Å². The predicted molar refractivity (Wildman–Crippen MR) is 106 cm³/mol. The predicted octanol–water partition coefficient (Wildman–Crippen LogP) is 1.52. The summed E-state index contributed by atoms with van der Waals surface area (Å²) in [5.74, 6) is -0.00191. The van der Waals surface area contributed by atoms with Gasteiger partial charge in [-0.25, -0.2) is 13.4 Å². The van der Waals surface area contributed by atoms with Gasteiger partial charge < -0.3 is 5.73 Å². The molecule has 162 valence electrons. The Morgan fingerprint density at radius 3 is 2.63 bits per heavy atom. The smallest absolute Gasteiger partial charge is 0.297 e. The average molecular weight is 457 g/mol. The Morgan fingerprint density at radius 2 is 1.93 bits per heavy atom. The number of para-hydroxylation sites is 1. The number of nitrogens with zero attached hydrogens (tertiary/aromatic N) is 3. The van der Waals surface area contributed by atoms with Gasteiger partial charge in [0.05, 0.1) is 16.4 Å². The number of hydrogen-bond acceptors (Lipinski definition) is 9. The summed E-state index contributed by atoms with van der Waals surface area (Å²) in [7, 11) is -8.43. The largest absolute Gasteiger partial charge is 0.384 e. The van der Waals surface area contributed by atoms with Crippen molar-refractivity contribution >= 4 is 31.6 Å². The standard InChI is InChI=1S/C17H20N4O7S2/c18-17-11-14(8-9-19-17)30(26,27)28-12-13-5-3-4-10-20(13)29(24,25)16-7-2-1-6-15(16)21(22)23/h1-2,6-9,11,13H,3-5,10,12H2,(H2,18,19). The fourth-order valence-corrected chi connectivity index (χ4v) is 6.03. The van der Waals surface area contributed by atoms with Crippen molar-refractivity contribution in [2.75, 3.05) is 18.9 Å². The van der Waals surface area contributed by atoms with E-state index in [9.17, 15) is 26.9 Å². The van der Waals surface area contributed by atoms with Crippen molar-refractivity contribution in [1.29, 1.82) is 0 Å². The van der Waals surface area contributed by atoms with E-state index < -0.39 is 48.3 Å². The zero-order valence-corrected chi connectivity index (χ0v) is 17.4. The number of nitrogen functional groups attached to an aromatic ring is 1. The molecule has 2 aromatic rings. The minimum atomic E-state index is -4.24. The lowest BCUT2D eigenvalue weighted by Crippen LogP contribution is -2.46. The average Bonchev–Trinajstić information content (AvgIpc) is 2.72. The van der Waals surface area contributed by atoms with E-state index in [1.807, 2.05) is 0 Å². The Balaban J connectivity index is 1.86. The maximum atomic E-state index is 13.2. The maximum absolute atomic E-state index is 13.2. The molecule has 1 aliphatic rings. The lowest BCUT2D eigenvalue weighted by molar-refractivity contribution is -0.387. The van der Waals surface area contributed by atoms with Crippen LogP contribution in [0.2, 0.25) is 0 Å². The van der Waals surface area contributed by atoms with E-state index in [0.717, 1.165) is 22.5 Å². The Hall–Kier alpha value is -2.61. The van der Waals surface area contributed by atoms with Gasteiger partial charge in [0.15, 0.2) is 4.90 Å². The molecule has 0 aliphatic carbocycles. The molecule has 1 unspecified atom stereocenters. The topological polar surface area (TPSA) is 163 Å². The van der Waals surface area contributed by atoms with Crippen molar-refractivity contribution in [3.63, 3.8) is 0 Å². The van der Waals surface area contributed by atoms with E-state index in [0.29, 0.717) is 19.3 Å². The fourth-order valence-electron chi connectivity index (χ4n) is 3.23. The highest BCUT2D eigenvalue weighted by molar-refractivity contribution is 7.89. The SMILES string of the molecule is Nc1cc(S(=O)(=O)OCC2CCCCN2S(=O)(=O)c2ccccc2[N+](=O)[O-])ccn1. The lowest BCUT2D eigenvalue weighted by atomic mass is 10.1. The number of piperidine rings is 1. The second-order valence-corrected chi connectivity index (χ2v) is 10.1. The van der Waals surface area contributed by atoms with Gasteiger partial charge in [-0.15, -0.1) is 0 Å². The van der Waals surface area contributed by atoms with Gasteiger partial charge in [0.2, 0.25) is 10.0 Å². The molecule has 1 atom stereocenters. The number of anilines is 1. The maximum Gasteiger partial charge on any atom is 0.297 e. The van der Waals surface area contributed by atoms with Crippen molar-refractivity contribution < 1.29 is 25.9 Å². The van der Waals surface area contributed by atoms with Gasteiger partial charge in [0.25, 0.3) is 15.8 Å². The lowest BCUT2D eigenvalue weighted by Gasteiger charge is -2.34. The molecule has 1 aromatic heterocycles. The molecule has 0 spiro atoms. The van der Waals surface area contributed by atoms with Crippen molar-refractivity contribution in [2.24, 2.45) is 0 Å². The van der Waals surface area contributed by atoms with Crippen LogP contribution in [-0.4, -0.2) is 50.2 Å². The summed E-state index contributed by atoms with van der Waals surface area (Å²) in [6.07, 6.45) is 2.79. The van der Waals surface area contributed by atoms with Crippen molar-refractivity contribution in [3.8, 4) is 0 Å². The Morgan fingerprint density at radius 1 is 1.20 bits per heavy atom. The van der Waals surface area contributed by atoms with Crippen LogP contribution in [0.25, 0.3) is 0 Å². The minimum absolute atomic E-state index is 0.00191. The van der Waals surface area contributed by atoms with Gasteiger partial charge in [-0.05, 0) is 25.0 Å². The summed E-state index contributed by atoms with van der Waals surface area (Å²) >= 11 is 0. The second-order valence-electron chi connectivity index (χ2n) is 6.65. The van der Waals surface area contributed by atoms with E-state index >= 15 is 0 Å². The number of nitro groups is 1. The molecule has 0 amide bonds. The molecule has 3 rings (SSSR count). The first kappa shape index (κ1) is 22.1. The number of nitrogens with two attached hydrogens (primary N) is 1. The number of benzene rings is 1. The van der Waals surface area contributed by atoms with E-state index in [2.05, 4.69) is 4.98 Å². The highest BCUT2D eigenvalue weighted by atomic mass is 32.2. The van der Waals surface area contributed by atoms with Gasteiger partial charge in [-0.3, -0.25) is 14.3 Å². The van der Waals surface area contributed by atoms with Crippen LogP contribution in [0.4, 0.5) is 11.5 Å². The Bertz CT molecular complexity index is 1150. The first-order chi connectivity index (χ1) is 14.1. The quantitative estimate of drug-likeness (QED) is 0.369.